The molecule has 0 fully saturated rings. The Morgan fingerprint density at radius 3 is 2.53 bits per heavy atom. The number of aryl methyl sites for hydroxylation is 1. The number of hydrogen-bond acceptors (Lipinski definition) is 5. The number of anilines is 1. The van der Waals surface area contributed by atoms with Crippen molar-refractivity contribution in [1.82, 2.24) is 15.1 Å². The summed E-state index contributed by atoms with van der Waals surface area (Å²) in [5.74, 6) is 0.573. The van der Waals surface area contributed by atoms with E-state index < -0.39 is 0 Å². The number of hydrogen-bond donors (Lipinski definition) is 2. The molecule has 0 aromatic carbocycles. The molecule has 0 aliphatic rings. The summed E-state index contributed by atoms with van der Waals surface area (Å²) in [4.78, 5) is 13.3. The van der Waals surface area contributed by atoms with Gasteiger partial charge in [-0.1, -0.05) is 12.2 Å². The minimum Gasteiger partial charge on any atom is -0.389 e. The standard InChI is InChI=1S/C12H19N5OS/c1-7-8(2)15-16-12(10(7)11(13)19)14-6-5-9(18)17(3)4/h5-6H2,1-4H3,(H2,13,19)(H,14,16). The summed E-state index contributed by atoms with van der Waals surface area (Å²) < 4.78 is 0. The molecule has 0 atom stereocenters. The van der Waals surface area contributed by atoms with Crippen LogP contribution in [0.25, 0.3) is 0 Å². The van der Waals surface area contributed by atoms with Crippen molar-refractivity contribution in [3.8, 4) is 0 Å². The van der Waals surface area contributed by atoms with Crippen LogP contribution in [0.15, 0.2) is 0 Å². The lowest BCUT2D eigenvalue weighted by Gasteiger charge is -2.14. The molecule has 0 unspecified atom stereocenters. The Morgan fingerprint density at radius 1 is 1.37 bits per heavy atom. The molecule has 0 bridgehead atoms. The van der Waals surface area contributed by atoms with Gasteiger partial charge in [0.2, 0.25) is 5.91 Å². The number of carbonyl (C=O) groups excluding carboxylic acids is 1. The van der Waals surface area contributed by atoms with E-state index in [-0.39, 0.29) is 10.9 Å². The van der Waals surface area contributed by atoms with E-state index >= 15 is 0 Å². The third-order valence-corrected chi connectivity index (χ3v) is 3.04. The summed E-state index contributed by atoms with van der Waals surface area (Å²) in [6.07, 6.45) is 0.373. The molecule has 0 aliphatic carbocycles. The number of nitrogens with two attached hydrogens (primary N) is 1. The molecule has 1 rings (SSSR count). The van der Waals surface area contributed by atoms with Crippen molar-refractivity contribution in [1.29, 1.82) is 0 Å². The van der Waals surface area contributed by atoms with Crippen molar-refractivity contribution < 1.29 is 4.79 Å². The van der Waals surface area contributed by atoms with Gasteiger partial charge < -0.3 is 16.0 Å². The summed E-state index contributed by atoms with van der Waals surface area (Å²) in [6.45, 7) is 4.21. The summed E-state index contributed by atoms with van der Waals surface area (Å²) in [7, 11) is 3.44. The van der Waals surface area contributed by atoms with Gasteiger partial charge in [0, 0.05) is 27.1 Å². The van der Waals surface area contributed by atoms with Crippen molar-refractivity contribution in [3.63, 3.8) is 0 Å². The highest BCUT2D eigenvalue weighted by Crippen LogP contribution is 2.18. The molecule has 1 aromatic rings. The summed E-state index contributed by atoms with van der Waals surface area (Å²) in [6, 6.07) is 0. The Labute approximate surface area is 118 Å². The topological polar surface area (TPSA) is 84.1 Å². The van der Waals surface area contributed by atoms with E-state index in [4.69, 9.17) is 18.0 Å². The van der Waals surface area contributed by atoms with Gasteiger partial charge >= 0.3 is 0 Å². The molecule has 1 amide bonds. The normalized spacial score (nSPS) is 10.1. The minimum atomic E-state index is 0.0427. The van der Waals surface area contributed by atoms with Crippen molar-refractivity contribution in [3.05, 3.63) is 16.8 Å². The molecule has 7 heteroatoms. The SMILES string of the molecule is Cc1nnc(NCCC(=O)N(C)C)c(C(N)=S)c1C. The number of nitrogens with one attached hydrogen (secondary N) is 1. The van der Waals surface area contributed by atoms with Crippen LogP contribution >= 0.6 is 12.2 Å². The zero-order valence-electron chi connectivity index (χ0n) is 11.6. The van der Waals surface area contributed by atoms with Crippen LogP contribution in [-0.2, 0) is 4.79 Å². The molecule has 104 valence electrons. The molecule has 0 saturated heterocycles. The predicted molar refractivity (Wildman–Crippen MR) is 79.2 cm³/mol. The van der Waals surface area contributed by atoms with E-state index in [1.165, 1.54) is 0 Å². The van der Waals surface area contributed by atoms with Crippen LogP contribution < -0.4 is 11.1 Å². The molecule has 0 spiro atoms. The average Bonchev–Trinajstić information content (AvgIpc) is 2.32. The molecular weight excluding hydrogens is 262 g/mol. The first-order valence-corrected chi connectivity index (χ1v) is 6.33. The second-order valence-electron chi connectivity index (χ2n) is 4.46. The van der Waals surface area contributed by atoms with E-state index in [9.17, 15) is 4.79 Å². The zero-order valence-corrected chi connectivity index (χ0v) is 12.5. The lowest BCUT2D eigenvalue weighted by atomic mass is 10.1. The Kier molecular flexibility index (Phi) is 5.17. The van der Waals surface area contributed by atoms with Gasteiger partial charge in [-0.2, -0.15) is 5.10 Å². The van der Waals surface area contributed by atoms with Gasteiger partial charge in [-0.3, -0.25) is 4.79 Å². The molecule has 1 aromatic heterocycles. The quantitative estimate of drug-likeness (QED) is 0.770. The van der Waals surface area contributed by atoms with E-state index in [0.29, 0.717) is 24.3 Å². The Bertz CT molecular complexity index is 501. The van der Waals surface area contributed by atoms with Crippen molar-refractivity contribution >= 4 is 28.9 Å². The number of aromatic nitrogens is 2. The molecule has 1 heterocycles. The molecule has 6 nitrogen and oxygen atoms in total. The molecular formula is C12H19N5OS. The molecule has 3 N–H and O–H groups in total. The smallest absolute Gasteiger partial charge is 0.223 e. The van der Waals surface area contributed by atoms with Crippen LogP contribution in [0.5, 0.6) is 0 Å². The van der Waals surface area contributed by atoms with Crippen molar-refractivity contribution in [2.45, 2.75) is 20.3 Å². The van der Waals surface area contributed by atoms with Crippen LogP contribution in [0.2, 0.25) is 0 Å². The molecule has 0 radical (unpaired) electrons. The van der Waals surface area contributed by atoms with Crippen LogP contribution in [0, 0.1) is 13.8 Å². The predicted octanol–water partition coefficient (Wildman–Crippen LogP) is 0.618. The third kappa shape index (κ3) is 3.85. The van der Waals surface area contributed by atoms with Crippen LogP contribution in [0.4, 0.5) is 5.82 Å². The first-order valence-electron chi connectivity index (χ1n) is 5.92. The van der Waals surface area contributed by atoms with Gasteiger partial charge in [0.1, 0.15) is 4.99 Å². The Morgan fingerprint density at radius 2 is 2.00 bits per heavy atom. The zero-order chi connectivity index (χ0) is 14.6. The lowest BCUT2D eigenvalue weighted by molar-refractivity contribution is -0.128. The second-order valence-corrected chi connectivity index (χ2v) is 4.90. The number of amides is 1. The largest absolute Gasteiger partial charge is 0.389 e. The fourth-order valence-electron chi connectivity index (χ4n) is 1.55. The number of nitrogens with zero attached hydrogens (tertiary/aromatic N) is 3. The highest BCUT2D eigenvalue weighted by Gasteiger charge is 2.13. The minimum absolute atomic E-state index is 0.0427. The lowest BCUT2D eigenvalue weighted by Crippen LogP contribution is -2.25. The highest BCUT2D eigenvalue weighted by molar-refractivity contribution is 7.80. The van der Waals surface area contributed by atoms with Gasteiger partial charge in [0.15, 0.2) is 5.82 Å². The molecule has 19 heavy (non-hydrogen) atoms. The fourth-order valence-corrected chi connectivity index (χ4v) is 1.79. The number of thiocarbonyl (C=S) groups is 1. The highest BCUT2D eigenvalue weighted by atomic mass is 32.1. The van der Waals surface area contributed by atoms with E-state index in [1.807, 2.05) is 13.8 Å². The average molecular weight is 281 g/mol. The van der Waals surface area contributed by atoms with Gasteiger partial charge in [-0.05, 0) is 19.4 Å². The monoisotopic (exact) mass is 281 g/mol. The maximum atomic E-state index is 11.5. The fraction of sp³-hybridized carbons (Fsp3) is 0.500. The Balaban J connectivity index is 2.82. The number of carbonyl (C=O) groups is 1. The molecule has 0 saturated carbocycles. The Hall–Kier alpha value is -1.76. The van der Waals surface area contributed by atoms with Gasteiger partial charge in [-0.15, -0.1) is 5.10 Å². The van der Waals surface area contributed by atoms with Gasteiger partial charge in [0.25, 0.3) is 0 Å². The maximum Gasteiger partial charge on any atom is 0.223 e. The first kappa shape index (κ1) is 15.3. The van der Waals surface area contributed by atoms with Crippen molar-refractivity contribution in [2.24, 2.45) is 5.73 Å². The van der Waals surface area contributed by atoms with Crippen LogP contribution in [-0.4, -0.2) is 46.6 Å². The van der Waals surface area contributed by atoms with Crippen LogP contribution in [0.3, 0.4) is 0 Å². The second kappa shape index (κ2) is 6.42. The van der Waals surface area contributed by atoms with E-state index in [2.05, 4.69) is 15.5 Å². The van der Waals surface area contributed by atoms with Gasteiger partial charge in [0.05, 0.1) is 11.3 Å². The summed E-state index contributed by atoms with van der Waals surface area (Å²) in [5, 5.41) is 11.1. The first-order chi connectivity index (χ1) is 8.84. The van der Waals surface area contributed by atoms with E-state index in [1.54, 1.807) is 19.0 Å². The number of rotatable bonds is 5. The van der Waals surface area contributed by atoms with Crippen molar-refractivity contribution in [2.75, 3.05) is 26.0 Å². The summed E-state index contributed by atoms with van der Waals surface area (Å²) in [5.41, 5.74) is 8.10. The molecule has 0 aliphatic heterocycles. The third-order valence-electron chi connectivity index (χ3n) is 2.83. The summed E-state index contributed by atoms with van der Waals surface area (Å²) >= 11 is 5.04. The van der Waals surface area contributed by atoms with Crippen LogP contribution in [0.1, 0.15) is 23.2 Å². The maximum absolute atomic E-state index is 11.5. The van der Waals surface area contributed by atoms with Gasteiger partial charge in [-0.25, -0.2) is 0 Å². The van der Waals surface area contributed by atoms with E-state index in [0.717, 1.165) is 11.3 Å².